The number of carboxylic acids is 1. The zero-order chi connectivity index (χ0) is 19.6. The van der Waals surface area contributed by atoms with Crippen molar-refractivity contribution in [1.82, 2.24) is 9.80 Å². The molecular weight excluding hydrogens is 340 g/mol. The number of benzene rings is 1. The normalized spacial score (nSPS) is 22.6. The SMILES string of the molecule is CC(C)(C)c1ccc(C(=O)N2CCC(N3CCC[C@@H](C(=O)O)C3)CC2)cc1. The van der Waals surface area contributed by atoms with Gasteiger partial charge < -0.3 is 10.0 Å². The summed E-state index contributed by atoms with van der Waals surface area (Å²) in [6.45, 7) is 9.65. The smallest absolute Gasteiger partial charge is 0.307 e. The predicted molar refractivity (Wildman–Crippen MR) is 106 cm³/mol. The summed E-state index contributed by atoms with van der Waals surface area (Å²) >= 11 is 0. The summed E-state index contributed by atoms with van der Waals surface area (Å²) in [6.07, 6.45) is 3.60. The van der Waals surface area contributed by atoms with E-state index >= 15 is 0 Å². The summed E-state index contributed by atoms with van der Waals surface area (Å²) in [7, 11) is 0. The number of rotatable bonds is 3. The van der Waals surface area contributed by atoms with Gasteiger partial charge in [0.25, 0.3) is 5.91 Å². The minimum Gasteiger partial charge on any atom is -0.481 e. The molecule has 5 nitrogen and oxygen atoms in total. The van der Waals surface area contributed by atoms with E-state index in [1.165, 1.54) is 5.56 Å². The fraction of sp³-hybridized carbons (Fsp3) is 0.636. The largest absolute Gasteiger partial charge is 0.481 e. The predicted octanol–water partition coefficient (Wildman–Crippen LogP) is 3.39. The third kappa shape index (κ3) is 4.70. The Kier molecular flexibility index (Phi) is 5.89. The molecule has 2 heterocycles. The van der Waals surface area contributed by atoms with Crippen LogP contribution in [0.25, 0.3) is 0 Å². The van der Waals surface area contributed by atoms with Crippen LogP contribution < -0.4 is 0 Å². The summed E-state index contributed by atoms with van der Waals surface area (Å²) in [5.74, 6) is -0.804. The fourth-order valence-electron chi connectivity index (χ4n) is 4.27. The first kappa shape index (κ1) is 19.9. The van der Waals surface area contributed by atoms with Crippen LogP contribution in [0, 0.1) is 5.92 Å². The van der Waals surface area contributed by atoms with Gasteiger partial charge in [-0.2, -0.15) is 0 Å². The average molecular weight is 373 g/mol. The van der Waals surface area contributed by atoms with Crippen molar-refractivity contribution in [3.8, 4) is 0 Å². The Bertz CT molecular complexity index is 670. The molecule has 0 radical (unpaired) electrons. The minimum absolute atomic E-state index is 0.0855. The lowest BCUT2D eigenvalue weighted by Gasteiger charge is -2.41. The third-order valence-corrected chi connectivity index (χ3v) is 6.07. The summed E-state index contributed by atoms with van der Waals surface area (Å²) in [5, 5.41) is 9.29. The number of piperidine rings is 2. The standard InChI is InChI=1S/C22H32N2O3/c1-22(2,3)18-8-6-16(7-9-18)20(25)23-13-10-19(11-14-23)24-12-4-5-17(15-24)21(26)27/h6-9,17,19H,4-5,10-15H2,1-3H3,(H,26,27)/t17-/m1/s1. The Hall–Kier alpha value is -1.88. The molecule has 2 aliphatic rings. The van der Waals surface area contributed by atoms with E-state index in [0.29, 0.717) is 12.6 Å². The highest BCUT2D eigenvalue weighted by Crippen LogP contribution is 2.26. The number of carbonyl (C=O) groups is 2. The number of carboxylic acid groups (broad SMARTS) is 1. The molecule has 148 valence electrons. The van der Waals surface area contributed by atoms with Crippen molar-refractivity contribution >= 4 is 11.9 Å². The Morgan fingerprint density at radius 1 is 1.00 bits per heavy atom. The highest BCUT2D eigenvalue weighted by Gasteiger charge is 2.32. The lowest BCUT2D eigenvalue weighted by Crippen LogP contribution is -2.50. The number of likely N-dealkylation sites (tertiary alicyclic amines) is 2. The molecule has 1 amide bonds. The third-order valence-electron chi connectivity index (χ3n) is 6.07. The molecule has 0 bridgehead atoms. The second-order valence-corrected chi connectivity index (χ2v) is 9.02. The van der Waals surface area contributed by atoms with Crippen molar-refractivity contribution in [1.29, 1.82) is 0 Å². The van der Waals surface area contributed by atoms with E-state index in [1.807, 2.05) is 17.0 Å². The van der Waals surface area contributed by atoms with Crippen molar-refractivity contribution in [3.05, 3.63) is 35.4 Å². The van der Waals surface area contributed by atoms with Crippen molar-refractivity contribution < 1.29 is 14.7 Å². The average Bonchev–Trinajstić information content (AvgIpc) is 2.67. The molecule has 2 saturated heterocycles. The van der Waals surface area contributed by atoms with Gasteiger partial charge in [0, 0.05) is 31.2 Å². The first-order valence-corrected chi connectivity index (χ1v) is 10.1. The number of carbonyl (C=O) groups excluding carboxylic acids is 1. The quantitative estimate of drug-likeness (QED) is 0.884. The number of aliphatic carboxylic acids is 1. The molecule has 1 aromatic carbocycles. The molecule has 1 aromatic rings. The van der Waals surface area contributed by atoms with Crippen LogP contribution in [0.15, 0.2) is 24.3 Å². The molecule has 2 fully saturated rings. The van der Waals surface area contributed by atoms with Gasteiger partial charge >= 0.3 is 5.97 Å². The van der Waals surface area contributed by atoms with Crippen LogP contribution in [0.1, 0.15) is 62.4 Å². The molecule has 0 unspecified atom stereocenters. The topological polar surface area (TPSA) is 60.9 Å². The maximum absolute atomic E-state index is 12.8. The van der Waals surface area contributed by atoms with Crippen molar-refractivity contribution in [2.75, 3.05) is 26.2 Å². The maximum atomic E-state index is 12.8. The van der Waals surface area contributed by atoms with Gasteiger partial charge in [-0.25, -0.2) is 0 Å². The van der Waals surface area contributed by atoms with Crippen molar-refractivity contribution in [3.63, 3.8) is 0 Å². The highest BCUT2D eigenvalue weighted by atomic mass is 16.4. The second-order valence-electron chi connectivity index (χ2n) is 9.02. The summed E-state index contributed by atoms with van der Waals surface area (Å²) in [5.41, 5.74) is 2.07. The number of amides is 1. The molecular formula is C22H32N2O3. The molecule has 5 heteroatoms. The summed E-state index contributed by atoms with van der Waals surface area (Å²) in [4.78, 5) is 28.4. The van der Waals surface area contributed by atoms with Gasteiger partial charge in [0.05, 0.1) is 5.92 Å². The van der Waals surface area contributed by atoms with Gasteiger partial charge in [0.15, 0.2) is 0 Å². The van der Waals surface area contributed by atoms with Gasteiger partial charge in [0.1, 0.15) is 0 Å². The first-order chi connectivity index (χ1) is 12.8. The lowest BCUT2D eigenvalue weighted by molar-refractivity contribution is -0.144. The van der Waals surface area contributed by atoms with Crippen LogP contribution >= 0.6 is 0 Å². The van der Waals surface area contributed by atoms with Crippen LogP contribution in [0.4, 0.5) is 0 Å². The molecule has 1 N–H and O–H groups in total. The molecule has 27 heavy (non-hydrogen) atoms. The van der Waals surface area contributed by atoms with E-state index in [4.69, 9.17) is 0 Å². The Morgan fingerprint density at radius 2 is 1.63 bits per heavy atom. The van der Waals surface area contributed by atoms with E-state index in [0.717, 1.165) is 50.9 Å². The van der Waals surface area contributed by atoms with Crippen LogP contribution in [0.3, 0.4) is 0 Å². The van der Waals surface area contributed by atoms with Gasteiger partial charge in [-0.15, -0.1) is 0 Å². The zero-order valence-electron chi connectivity index (χ0n) is 16.8. The number of hydrogen-bond donors (Lipinski definition) is 1. The van der Waals surface area contributed by atoms with E-state index < -0.39 is 5.97 Å². The second kappa shape index (κ2) is 8.01. The van der Waals surface area contributed by atoms with Crippen molar-refractivity contribution in [2.24, 2.45) is 5.92 Å². The van der Waals surface area contributed by atoms with Crippen LogP contribution in [-0.2, 0) is 10.2 Å². The van der Waals surface area contributed by atoms with E-state index in [9.17, 15) is 14.7 Å². The summed E-state index contributed by atoms with van der Waals surface area (Å²) in [6, 6.07) is 8.40. The van der Waals surface area contributed by atoms with Crippen LogP contribution in [0.5, 0.6) is 0 Å². The van der Waals surface area contributed by atoms with Crippen LogP contribution in [-0.4, -0.2) is 59.0 Å². The maximum Gasteiger partial charge on any atom is 0.307 e. The molecule has 0 aliphatic carbocycles. The molecule has 0 aromatic heterocycles. The number of hydrogen-bond acceptors (Lipinski definition) is 3. The Balaban J connectivity index is 1.55. The highest BCUT2D eigenvalue weighted by molar-refractivity contribution is 5.94. The molecule has 3 rings (SSSR count). The lowest BCUT2D eigenvalue weighted by atomic mass is 9.86. The molecule has 1 atom stereocenters. The summed E-state index contributed by atoms with van der Waals surface area (Å²) < 4.78 is 0. The molecule has 0 saturated carbocycles. The first-order valence-electron chi connectivity index (χ1n) is 10.1. The van der Waals surface area contributed by atoms with Crippen molar-refractivity contribution in [2.45, 2.75) is 57.9 Å². The van der Waals surface area contributed by atoms with Gasteiger partial charge in [-0.3, -0.25) is 14.5 Å². The van der Waals surface area contributed by atoms with Gasteiger partial charge in [-0.05, 0) is 55.3 Å². The van der Waals surface area contributed by atoms with Crippen LogP contribution in [0.2, 0.25) is 0 Å². The Labute approximate surface area is 162 Å². The van der Waals surface area contributed by atoms with Gasteiger partial charge in [-0.1, -0.05) is 32.9 Å². The van der Waals surface area contributed by atoms with E-state index in [2.05, 4.69) is 37.8 Å². The number of nitrogens with zero attached hydrogens (tertiary/aromatic N) is 2. The zero-order valence-corrected chi connectivity index (χ0v) is 16.8. The monoisotopic (exact) mass is 372 g/mol. The fourth-order valence-corrected chi connectivity index (χ4v) is 4.27. The molecule has 2 aliphatic heterocycles. The van der Waals surface area contributed by atoms with Gasteiger partial charge in [0.2, 0.25) is 0 Å². The Morgan fingerprint density at radius 3 is 2.19 bits per heavy atom. The van der Waals surface area contributed by atoms with E-state index in [1.54, 1.807) is 0 Å². The molecule has 0 spiro atoms. The minimum atomic E-state index is -0.675. The van der Waals surface area contributed by atoms with E-state index in [-0.39, 0.29) is 17.2 Å².